The van der Waals surface area contributed by atoms with Gasteiger partial charge in [0.15, 0.2) is 23.9 Å². The Morgan fingerprint density at radius 3 is 2.08 bits per heavy atom. The largest absolute Gasteiger partial charge is 0.508 e. The Balaban J connectivity index is 1.26. The molecule has 22 nitrogen and oxygen atoms in total. The molecule has 3 aliphatic heterocycles. The molecule has 1 aromatic heterocycles. The van der Waals surface area contributed by atoms with Crippen LogP contribution >= 0.6 is 0 Å². The maximum Gasteiger partial charge on any atom is 0.402 e. The van der Waals surface area contributed by atoms with Crippen molar-refractivity contribution in [3.8, 4) is 45.8 Å². The van der Waals surface area contributed by atoms with Gasteiger partial charge in [0.1, 0.15) is 90.3 Å². The van der Waals surface area contributed by atoms with Crippen LogP contribution in [-0.2, 0) is 28.5 Å². The number of carbonyl (C=O) groups is 1. The summed E-state index contributed by atoms with van der Waals surface area (Å²) in [6.07, 6.45) is -22.3. The number of hydrogen-bond acceptors (Lipinski definition) is 21. The van der Waals surface area contributed by atoms with E-state index in [1.54, 1.807) is 0 Å². The third-order valence-corrected chi connectivity index (χ3v) is 10.5. The first kappa shape index (κ1) is 45.6. The Morgan fingerprint density at radius 1 is 0.683 bits per heavy atom. The van der Waals surface area contributed by atoms with Crippen molar-refractivity contribution in [2.75, 3.05) is 19.8 Å². The zero-order valence-corrected chi connectivity index (χ0v) is 32.6. The highest BCUT2D eigenvalue weighted by atomic mass is 16.8. The van der Waals surface area contributed by atoms with E-state index in [0.717, 1.165) is 30.3 Å². The number of aliphatic hydroxyl groups is 9. The van der Waals surface area contributed by atoms with Crippen molar-refractivity contribution in [3.63, 3.8) is 0 Å². The van der Waals surface area contributed by atoms with Gasteiger partial charge in [0.2, 0.25) is 18.3 Å². The summed E-state index contributed by atoms with van der Waals surface area (Å²) >= 11 is 0. The lowest BCUT2D eigenvalue weighted by molar-refractivity contribution is -0.345. The van der Waals surface area contributed by atoms with E-state index in [1.165, 1.54) is 42.5 Å². The normalized spacial score (nSPS) is 32.4. The molecule has 3 fully saturated rings. The van der Waals surface area contributed by atoms with Gasteiger partial charge < -0.3 is 99.5 Å². The minimum absolute atomic E-state index is 0.000881. The molecule has 4 heterocycles. The lowest BCUT2D eigenvalue weighted by Crippen LogP contribution is -2.64. The van der Waals surface area contributed by atoms with E-state index in [0.29, 0.717) is 5.56 Å². The van der Waals surface area contributed by atoms with Crippen molar-refractivity contribution in [2.45, 2.75) is 86.0 Å². The smallest absolute Gasteiger partial charge is 0.402 e. The van der Waals surface area contributed by atoms with Crippen molar-refractivity contribution in [1.82, 2.24) is 0 Å². The van der Waals surface area contributed by atoms with Crippen LogP contribution in [0, 0.1) is 0 Å². The van der Waals surface area contributed by atoms with Crippen LogP contribution in [0.4, 0.5) is 0 Å². The summed E-state index contributed by atoms with van der Waals surface area (Å²) in [6, 6.07) is 12.7. The summed E-state index contributed by atoms with van der Waals surface area (Å²) in [5, 5.41) is 136. The molecule has 22 heteroatoms. The van der Waals surface area contributed by atoms with Gasteiger partial charge >= 0.3 is 17.3 Å². The lowest BCUT2D eigenvalue weighted by Gasteiger charge is -2.44. The van der Waals surface area contributed by atoms with E-state index in [-0.39, 0.29) is 39.5 Å². The molecular weight excluding hydrogens is 844 g/mol. The molecular formula is C41H45O22+. The standard InChI is InChI=1S/C41H44O22/c42-13-27-31(50)33(52)36(55)40(61-27)59-25-11-19(44)10-24-20(25)12-26(37(58-24)17-4-7-21(45)22(46)9-17)60-41-38(63-39-35(54)30(49)23(47)14-57-39)34(53)32(51)28(62-41)15-56-29(48)8-3-16-1-5-18(43)6-2-16/h1-12,23,27-28,30-36,38-42,47,49-55H,13-15H2,(H3-,43,44,45,46,48)/p+1/t23-,27+,28+,30+,31+,32+,33-,34-,35+,36+,38+,39+,40+,41+/m0/s1. The Morgan fingerprint density at radius 2 is 1.37 bits per heavy atom. The monoisotopic (exact) mass is 889 g/mol. The number of aromatic hydroxyl groups is 4. The van der Waals surface area contributed by atoms with Gasteiger partial charge in [-0.1, -0.05) is 12.1 Å². The summed E-state index contributed by atoms with van der Waals surface area (Å²) in [6.45, 7) is -2.01. The van der Waals surface area contributed by atoms with Gasteiger partial charge in [0.05, 0.1) is 24.8 Å². The number of carbonyl (C=O) groups excluding carboxylic acids is 1. The summed E-state index contributed by atoms with van der Waals surface area (Å²) < 4.78 is 46.4. The van der Waals surface area contributed by atoms with E-state index in [2.05, 4.69) is 0 Å². The fourth-order valence-electron chi connectivity index (χ4n) is 6.94. The molecule has 0 aliphatic carbocycles. The highest BCUT2D eigenvalue weighted by Gasteiger charge is 2.51. The maximum absolute atomic E-state index is 12.7. The minimum atomic E-state index is -2.00. The van der Waals surface area contributed by atoms with Crippen LogP contribution in [0.2, 0.25) is 0 Å². The van der Waals surface area contributed by atoms with Crippen LogP contribution in [0.15, 0.2) is 71.2 Å². The fourth-order valence-corrected chi connectivity index (χ4v) is 6.94. The van der Waals surface area contributed by atoms with E-state index >= 15 is 0 Å². The Hall–Kier alpha value is -5.44. The van der Waals surface area contributed by atoms with Crippen LogP contribution in [0.1, 0.15) is 5.56 Å². The van der Waals surface area contributed by atoms with E-state index < -0.39 is 129 Å². The van der Waals surface area contributed by atoms with Gasteiger partial charge in [-0.05, 0) is 35.9 Å². The third kappa shape index (κ3) is 9.88. The molecule has 4 aromatic rings. The van der Waals surface area contributed by atoms with Crippen LogP contribution < -0.4 is 9.47 Å². The van der Waals surface area contributed by atoms with Crippen LogP contribution in [0.3, 0.4) is 0 Å². The van der Waals surface area contributed by atoms with Crippen LogP contribution in [0.25, 0.3) is 28.4 Å². The Labute approximate surface area is 355 Å². The van der Waals surface area contributed by atoms with Gasteiger partial charge in [-0.25, -0.2) is 9.21 Å². The van der Waals surface area contributed by atoms with Crippen molar-refractivity contribution in [3.05, 3.63) is 72.3 Å². The molecule has 0 saturated carbocycles. The second-order valence-electron chi connectivity index (χ2n) is 14.9. The molecule has 0 spiro atoms. The first-order valence-electron chi connectivity index (χ1n) is 19.3. The number of benzene rings is 3. The number of phenolic OH excluding ortho intramolecular Hbond substituents is 4. The molecule has 0 unspecified atom stereocenters. The highest BCUT2D eigenvalue weighted by Crippen LogP contribution is 2.43. The average molecular weight is 890 g/mol. The molecule has 3 saturated heterocycles. The van der Waals surface area contributed by atoms with Crippen LogP contribution in [-0.4, -0.2) is 178 Å². The van der Waals surface area contributed by atoms with Crippen molar-refractivity contribution in [1.29, 1.82) is 0 Å². The fraction of sp³-hybridized carbons (Fsp3) is 0.415. The van der Waals surface area contributed by atoms with Crippen molar-refractivity contribution < 1.29 is 109 Å². The predicted octanol–water partition coefficient (Wildman–Crippen LogP) is -1.71. The summed E-state index contributed by atoms with van der Waals surface area (Å²) in [5.41, 5.74) is 0.390. The molecule has 13 N–H and O–H groups in total. The summed E-state index contributed by atoms with van der Waals surface area (Å²) in [7, 11) is 0. The molecule has 3 aliphatic rings. The highest BCUT2D eigenvalue weighted by molar-refractivity contribution is 5.89. The molecule has 7 rings (SSSR count). The maximum atomic E-state index is 12.7. The van der Waals surface area contributed by atoms with Crippen molar-refractivity contribution in [2.24, 2.45) is 0 Å². The predicted molar refractivity (Wildman–Crippen MR) is 207 cm³/mol. The molecule has 14 atom stereocenters. The van der Waals surface area contributed by atoms with Gasteiger partial charge in [0.25, 0.3) is 0 Å². The SMILES string of the molecule is O=C(C=Cc1ccc(O)cc1)OC[C@H]1O[C@@H](Oc2cc3c(O[C@@H]4O[C@H](CO)[C@@H](O)[C@H](O)[C@H]4O)cc(O)cc3[o+]c2-c2ccc(O)c(O)c2)[C@H](O[C@H]2OC[C@H](O)[C@@H](O)[C@H]2O)[C@@H](O)[C@@H]1O. The average Bonchev–Trinajstić information content (AvgIpc) is 3.26. The molecule has 63 heavy (non-hydrogen) atoms. The number of hydrogen-bond donors (Lipinski definition) is 13. The number of fused-ring (bicyclic) bond motifs is 1. The first-order valence-corrected chi connectivity index (χ1v) is 19.3. The molecule has 340 valence electrons. The number of esters is 1. The molecule has 0 amide bonds. The number of aliphatic hydroxyl groups excluding tert-OH is 9. The topological polar surface area (TPSA) is 356 Å². The van der Waals surface area contributed by atoms with Gasteiger partial charge in [-0.2, -0.15) is 0 Å². The zero-order valence-electron chi connectivity index (χ0n) is 32.6. The van der Waals surface area contributed by atoms with Gasteiger partial charge in [0, 0.05) is 24.3 Å². The zero-order chi connectivity index (χ0) is 45.3. The lowest BCUT2D eigenvalue weighted by atomic mass is 9.98. The van der Waals surface area contributed by atoms with Gasteiger partial charge in [-0.3, -0.25) is 0 Å². The van der Waals surface area contributed by atoms with Crippen LogP contribution in [0.5, 0.6) is 34.5 Å². The first-order chi connectivity index (χ1) is 30.0. The number of ether oxygens (including phenoxy) is 7. The van der Waals surface area contributed by atoms with E-state index in [1.807, 2.05) is 0 Å². The van der Waals surface area contributed by atoms with E-state index in [9.17, 15) is 71.2 Å². The molecule has 0 radical (unpaired) electrons. The number of phenols is 4. The van der Waals surface area contributed by atoms with E-state index in [4.69, 9.17) is 37.6 Å². The summed E-state index contributed by atoms with van der Waals surface area (Å²) in [5.74, 6) is -3.43. The number of rotatable bonds is 12. The molecule has 3 aromatic carbocycles. The second kappa shape index (κ2) is 19.1. The molecule has 0 bridgehead atoms. The minimum Gasteiger partial charge on any atom is -0.508 e. The van der Waals surface area contributed by atoms with Gasteiger partial charge in [-0.15, -0.1) is 0 Å². The Kier molecular flexibility index (Phi) is 13.8. The third-order valence-electron chi connectivity index (χ3n) is 10.5. The summed E-state index contributed by atoms with van der Waals surface area (Å²) in [4.78, 5) is 12.7. The second-order valence-corrected chi connectivity index (χ2v) is 14.9. The Bertz CT molecular complexity index is 2250. The van der Waals surface area contributed by atoms with Crippen molar-refractivity contribution >= 4 is 23.0 Å². The quantitative estimate of drug-likeness (QED) is 0.0326.